The molecule has 0 radical (unpaired) electrons. The highest BCUT2D eigenvalue weighted by atomic mass is 16.7. The zero-order chi connectivity index (χ0) is 35.7. The summed E-state index contributed by atoms with van der Waals surface area (Å²) in [6, 6.07) is 35.4. The second-order valence-electron chi connectivity index (χ2n) is 16.3. The van der Waals surface area contributed by atoms with E-state index < -0.39 is 6.29 Å². The monoisotopic (exact) mass is 699 g/mol. The van der Waals surface area contributed by atoms with Crippen LogP contribution in [0.15, 0.2) is 103 Å². The molecule has 5 fully saturated rings. The number of hydrogen-bond acceptors (Lipinski definition) is 5. The molecule has 1 aliphatic heterocycles. The molecule has 0 aromatic heterocycles. The normalized spacial score (nSPS) is 29.3. The van der Waals surface area contributed by atoms with Crippen molar-refractivity contribution in [2.24, 2.45) is 23.7 Å². The van der Waals surface area contributed by atoms with Crippen LogP contribution in [-0.2, 0) is 29.2 Å². The van der Waals surface area contributed by atoms with Gasteiger partial charge >= 0.3 is 6.03 Å². The molecule has 4 atom stereocenters. The van der Waals surface area contributed by atoms with Crippen molar-refractivity contribution in [2.75, 3.05) is 13.6 Å². The summed E-state index contributed by atoms with van der Waals surface area (Å²) in [5.41, 5.74) is 7.47. The molecule has 1 saturated heterocycles. The molecule has 52 heavy (non-hydrogen) atoms. The first-order valence-corrected chi connectivity index (χ1v) is 19.3. The zero-order valence-electron chi connectivity index (χ0n) is 30.5. The van der Waals surface area contributed by atoms with Crippen LogP contribution in [0.25, 0.3) is 11.1 Å². The van der Waals surface area contributed by atoms with E-state index in [9.17, 15) is 9.90 Å². The van der Waals surface area contributed by atoms with E-state index in [1.807, 2.05) is 24.3 Å². The van der Waals surface area contributed by atoms with E-state index in [2.05, 4.69) is 108 Å². The summed E-state index contributed by atoms with van der Waals surface area (Å²) < 4.78 is 13.5. The van der Waals surface area contributed by atoms with Gasteiger partial charge in [0.25, 0.3) is 0 Å². The molecule has 3 N–H and O–H groups in total. The van der Waals surface area contributed by atoms with Gasteiger partial charge in [-0.25, -0.2) is 4.79 Å². The fourth-order valence-electron chi connectivity index (χ4n) is 10.1. The maximum Gasteiger partial charge on any atom is 0.315 e. The Labute approximate surface area is 308 Å². The number of urea groups is 1. The molecule has 4 saturated carbocycles. The predicted molar refractivity (Wildman–Crippen MR) is 204 cm³/mol. The quantitative estimate of drug-likeness (QED) is 0.146. The third-order valence-corrected chi connectivity index (χ3v) is 12.3. The minimum Gasteiger partial charge on any atom is -0.392 e. The number of ether oxygens (including phenoxy) is 2. The Morgan fingerprint density at radius 3 is 2.10 bits per heavy atom. The van der Waals surface area contributed by atoms with Crippen LogP contribution in [0, 0.1) is 23.7 Å². The molecule has 2 amide bonds. The molecule has 7 heteroatoms. The molecule has 0 spiro atoms. The Balaban J connectivity index is 0.962. The number of carbonyl (C=O) groups excluding carboxylic acids is 1. The summed E-state index contributed by atoms with van der Waals surface area (Å²) in [6.45, 7) is 4.29. The van der Waals surface area contributed by atoms with Gasteiger partial charge in [0.2, 0.25) is 0 Å². The third kappa shape index (κ3) is 7.69. The van der Waals surface area contributed by atoms with Crippen molar-refractivity contribution < 1.29 is 19.4 Å². The molecule has 5 aliphatic rings. The minimum atomic E-state index is -0.534. The van der Waals surface area contributed by atoms with E-state index >= 15 is 0 Å². The lowest BCUT2D eigenvalue weighted by atomic mass is 9.53. The smallest absolute Gasteiger partial charge is 0.315 e. The fraction of sp³-hybridized carbons (Fsp3) is 0.444. The van der Waals surface area contributed by atoms with E-state index in [0.29, 0.717) is 6.54 Å². The molecular weight excluding hydrogens is 647 g/mol. The lowest BCUT2D eigenvalue weighted by Crippen LogP contribution is -2.61. The number of benzene rings is 4. The first-order valence-electron chi connectivity index (χ1n) is 19.3. The number of aliphatic hydroxyl groups is 1. The van der Waals surface area contributed by atoms with Crippen LogP contribution in [0.4, 0.5) is 4.79 Å². The van der Waals surface area contributed by atoms with Crippen LogP contribution in [-0.4, -0.2) is 41.3 Å². The second-order valence-corrected chi connectivity index (χ2v) is 16.3. The average molecular weight is 700 g/mol. The predicted octanol–water partition coefficient (Wildman–Crippen LogP) is 8.54. The van der Waals surface area contributed by atoms with E-state index in [4.69, 9.17) is 9.47 Å². The zero-order valence-corrected chi connectivity index (χ0v) is 30.5. The summed E-state index contributed by atoms with van der Waals surface area (Å²) >= 11 is 0. The van der Waals surface area contributed by atoms with Crippen LogP contribution < -0.4 is 10.6 Å². The van der Waals surface area contributed by atoms with Crippen molar-refractivity contribution in [1.82, 2.24) is 15.5 Å². The lowest BCUT2D eigenvalue weighted by Gasteiger charge is -2.56. The number of nitrogens with one attached hydrogen (secondary N) is 2. The number of likely N-dealkylation sites (N-methyl/N-ethyl adjacent to an activating group) is 1. The molecule has 272 valence electrons. The molecule has 0 unspecified atom stereocenters. The highest BCUT2D eigenvalue weighted by Gasteiger charge is 2.51. The largest absolute Gasteiger partial charge is 0.392 e. The SMILES string of the molecule is C[C@@H]1[C@H](CN(C)Cc2ccccc2)O[C@H](c2ccc(-c3ccccc3CNC(=O)NC34CC5CC(CC(C5)C3)C4)cc2)O[C@@H]1c1ccc(CO)cc1. The first-order chi connectivity index (χ1) is 25.3. The Morgan fingerprint density at radius 1 is 0.788 bits per heavy atom. The van der Waals surface area contributed by atoms with Gasteiger partial charge in [0.15, 0.2) is 6.29 Å². The third-order valence-electron chi connectivity index (χ3n) is 12.3. The molecule has 4 bridgehead atoms. The van der Waals surface area contributed by atoms with Gasteiger partial charge < -0.3 is 25.2 Å². The van der Waals surface area contributed by atoms with Gasteiger partial charge in [-0.3, -0.25) is 4.90 Å². The van der Waals surface area contributed by atoms with Crippen molar-refractivity contribution >= 4 is 6.03 Å². The lowest BCUT2D eigenvalue weighted by molar-refractivity contribution is -0.276. The minimum absolute atomic E-state index is 0.00651. The number of nitrogens with zero attached hydrogens (tertiary/aromatic N) is 1. The molecule has 1 heterocycles. The molecule has 4 aromatic carbocycles. The standard InChI is InChI=1S/C45H53N3O4/c1-30-41(28-48(2)27-31-8-4-3-5-9-31)51-43(52-42(30)37-14-12-32(29-49)13-15-37)38-18-16-36(17-19-38)40-11-7-6-10-39(40)26-46-44(50)47-45-23-33-20-34(24-45)22-35(21-33)25-45/h3-19,30,33-35,41-43,49H,20-29H2,1-2H3,(H2,46,47,50)/t30-,33?,34?,35?,41+,42+,43+,45?/m1/s1. The highest BCUT2D eigenvalue weighted by molar-refractivity contribution is 5.76. The van der Waals surface area contributed by atoms with Gasteiger partial charge in [0.1, 0.15) is 0 Å². The summed E-state index contributed by atoms with van der Waals surface area (Å²) in [7, 11) is 2.15. The van der Waals surface area contributed by atoms with Crippen LogP contribution in [0.5, 0.6) is 0 Å². The van der Waals surface area contributed by atoms with Crippen molar-refractivity contribution in [3.8, 4) is 11.1 Å². The Hall–Kier alpha value is -4.01. The van der Waals surface area contributed by atoms with Gasteiger partial charge in [0, 0.05) is 36.7 Å². The Morgan fingerprint density at radius 2 is 1.42 bits per heavy atom. The summed E-state index contributed by atoms with van der Waals surface area (Å²) in [6.07, 6.45) is 6.74. The molecule has 7 nitrogen and oxygen atoms in total. The van der Waals surface area contributed by atoms with Gasteiger partial charge in [0.05, 0.1) is 18.8 Å². The second kappa shape index (κ2) is 15.2. The van der Waals surface area contributed by atoms with E-state index in [-0.39, 0.29) is 36.3 Å². The van der Waals surface area contributed by atoms with E-state index in [1.54, 1.807) is 0 Å². The van der Waals surface area contributed by atoms with E-state index in [0.717, 1.165) is 83.5 Å². The average Bonchev–Trinajstić information content (AvgIpc) is 3.15. The Bertz CT molecular complexity index is 1780. The molecule has 4 aromatic rings. The van der Waals surface area contributed by atoms with Gasteiger partial charge in [-0.2, -0.15) is 0 Å². The summed E-state index contributed by atoms with van der Waals surface area (Å²) in [4.78, 5) is 15.6. The Kier molecular flexibility index (Phi) is 10.2. The van der Waals surface area contributed by atoms with Crippen molar-refractivity contribution in [1.29, 1.82) is 0 Å². The van der Waals surface area contributed by atoms with Crippen LogP contribution in [0.1, 0.15) is 85.7 Å². The van der Waals surface area contributed by atoms with Crippen molar-refractivity contribution in [3.63, 3.8) is 0 Å². The fourth-order valence-corrected chi connectivity index (χ4v) is 10.1. The maximum atomic E-state index is 13.3. The van der Waals surface area contributed by atoms with Crippen LogP contribution in [0.2, 0.25) is 0 Å². The summed E-state index contributed by atoms with van der Waals surface area (Å²) in [5.74, 6) is 2.48. The molecule has 4 aliphatic carbocycles. The number of hydrogen-bond donors (Lipinski definition) is 3. The number of carbonyl (C=O) groups is 1. The van der Waals surface area contributed by atoms with E-state index in [1.165, 1.54) is 24.8 Å². The van der Waals surface area contributed by atoms with Crippen molar-refractivity contribution in [2.45, 2.75) is 89.2 Å². The number of rotatable bonds is 11. The number of amides is 2. The van der Waals surface area contributed by atoms with Gasteiger partial charge in [-0.1, -0.05) is 110 Å². The summed E-state index contributed by atoms with van der Waals surface area (Å²) in [5, 5.41) is 16.3. The van der Waals surface area contributed by atoms with Gasteiger partial charge in [-0.05, 0) is 96.7 Å². The van der Waals surface area contributed by atoms with Gasteiger partial charge in [-0.15, -0.1) is 0 Å². The maximum absolute atomic E-state index is 13.3. The highest BCUT2D eigenvalue weighted by Crippen LogP contribution is 2.55. The van der Waals surface area contributed by atoms with Crippen LogP contribution in [0.3, 0.4) is 0 Å². The topological polar surface area (TPSA) is 83.1 Å². The first kappa shape index (κ1) is 35.0. The molecule has 9 rings (SSSR count). The van der Waals surface area contributed by atoms with Crippen molar-refractivity contribution in [3.05, 3.63) is 131 Å². The number of aliphatic hydroxyl groups excluding tert-OH is 1. The molecular formula is C45H53N3O4. The van der Waals surface area contributed by atoms with Crippen LogP contribution >= 0.6 is 0 Å².